The Kier molecular flexibility index (Phi) is 7.92. The minimum absolute atomic E-state index is 0.0240. The summed E-state index contributed by atoms with van der Waals surface area (Å²) in [4.78, 5) is 40.4. The van der Waals surface area contributed by atoms with Crippen LogP contribution in [0.15, 0.2) is 96.3 Å². The molecule has 182 valence electrons. The van der Waals surface area contributed by atoms with E-state index in [-0.39, 0.29) is 23.1 Å². The van der Waals surface area contributed by atoms with Gasteiger partial charge in [-0.05, 0) is 31.0 Å². The minimum atomic E-state index is -0.616. The van der Waals surface area contributed by atoms with Crippen molar-refractivity contribution < 1.29 is 14.5 Å². The first-order chi connectivity index (χ1) is 17.4. The molecule has 36 heavy (non-hydrogen) atoms. The van der Waals surface area contributed by atoms with E-state index >= 15 is 0 Å². The molecule has 0 bridgehead atoms. The lowest BCUT2D eigenvalue weighted by molar-refractivity contribution is -0.384. The number of Topliss-reactive ketones (excluding diaryl/α,β-unsaturated/α-hetero) is 1. The van der Waals surface area contributed by atoms with E-state index in [1.807, 2.05) is 65.2 Å². The average molecular weight is 501 g/mol. The third kappa shape index (κ3) is 6.25. The SMILES string of the molecule is CC(=O)[C@@H](Cc1ccccc1)NC(=O)CSc1nc(-c2cccc([N+](=O)[O-])c2)cn1-c1ccccc1. The number of aromatic nitrogens is 2. The number of para-hydroxylation sites is 1. The van der Waals surface area contributed by atoms with Crippen LogP contribution in [0.25, 0.3) is 16.9 Å². The van der Waals surface area contributed by atoms with E-state index in [4.69, 9.17) is 0 Å². The zero-order valence-corrected chi connectivity index (χ0v) is 20.4. The molecule has 1 atom stereocenters. The summed E-state index contributed by atoms with van der Waals surface area (Å²) >= 11 is 1.23. The number of rotatable bonds is 10. The van der Waals surface area contributed by atoms with Crippen molar-refractivity contribution in [3.05, 3.63) is 107 Å². The molecule has 3 aromatic carbocycles. The predicted molar refractivity (Wildman–Crippen MR) is 139 cm³/mol. The Hall–Kier alpha value is -4.24. The summed E-state index contributed by atoms with van der Waals surface area (Å²) in [6.07, 6.45) is 2.21. The van der Waals surface area contributed by atoms with Crippen LogP contribution >= 0.6 is 11.8 Å². The zero-order chi connectivity index (χ0) is 25.5. The molecule has 0 aliphatic carbocycles. The number of hydrogen-bond acceptors (Lipinski definition) is 6. The molecule has 0 unspecified atom stereocenters. The second-order valence-corrected chi connectivity index (χ2v) is 9.07. The molecule has 0 saturated carbocycles. The Labute approximate surface area is 212 Å². The van der Waals surface area contributed by atoms with E-state index in [2.05, 4.69) is 10.3 Å². The van der Waals surface area contributed by atoms with Crippen molar-refractivity contribution in [1.82, 2.24) is 14.9 Å². The van der Waals surface area contributed by atoms with E-state index in [0.717, 1.165) is 11.3 Å². The number of carbonyl (C=O) groups is 2. The van der Waals surface area contributed by atoms with Crippen LogP contribution in [0.4, 0.5) is 5.69 Å². The number of nitrogens with zero attached hydrogens (tertiary/aromatic N) is 3. The second kappa shape index (κ2) is 11.5. The number of benzene rings is 3. The van der Waals surface area contributed by atoms with Gasteiger partial charge in [0, 0.05) is 29.6 Å². The lowest BCUT2D eigenvalue weighted by atomic mass is 10.0. The van der Waals surface area contributed by atoms with E-state index in [0.29, 0.717) is 22.8 Å². The number of nitrogens with one attached hydrogen (secondary N) is 1. The van der Waals surface area contributed by atoms with Crippen LogP contribution < -0.4 is 5.32 Å². The summed E-state index contributed by atoms with van der Waals surface area (Å²) in [7, 11) is 0. The van der Waals surface area contributed by atoms with Crippen LogP contribution in [0.5, 0.6) is 0 Å². The summed E-state index contributed by atoms with van der Waals surface area (Å²) in [6.45, 7) is 1.47. The molecule has 9 heteroatoms. The molecule has 0 saturated heterocycles. The molecule has 0 spiro atoms. The van der Waals surface area contributed by atoms with E-state index < -0.39 is 11.0 Å². The number of thioether (sulfide) groups is 1. The van der Waals surface area contributed by atoms with Gasteiger partial charge in [-0.2, -0.15) is 0 Å². The van der Waals surface area contributed by atoms with Crippen LogP contribution in [0.3, 0.4) is 0 Å². The molecule has 0 radical (unpaired) electrons. The topological polar surface area (TPSA) is 107 Å². The molecule has 8 nitrogen and oxygen atoms in total. The number of hydrogen-bond donors (Lipinski definition) is 1. The molecular formula is C27H24N4O4S. The van der Waals surface area contributed by atoms with Crippen LogP contribution in [0.2, 0.25) is 0 Å². The largest absolute Gasteiger partial charge is 0.345 e. The van der Waals surface area contributed by atoms with Gasteiger partial charge in [-0.1, -0.05) is 72.4 Å². The predicted octanol–water partition coefficient (Wildman–Crippen LogP) is 4.86. The van der Waals surface area contributed by atoms with Crippen LogP contribution in [-0.2, 0) is 16.0 Å². The van der Waals surface area contributed by atoms with Gasteiger partial charge in [-0.3, -0.25) is 24.3 Å². The maximum Gasteiger partial charge on any atom is 0.270 e. The Bertz CT molecular complexity index is 1370. The number of carbonyl (C=O) groups excluding carboxylic acids is 2. The fourth-order valence-corrected chi connectivity index (χ4v) is 4.47. The van der Waals surface area contributed by atoms with Gasteiger partial charge < -0.3 is 5.32 Å². The molecule has 4 rings (SSSR count). The van der Waals surface area contributed by atoms with Crippen molar-refractivity contribution in [2.75, 3.05) is 5.75 Å². The first kappa shape index (κ1) is 24.9. The van der Waals surface area contributed by atoms with Crippen molar-refractivity contribution >= 4 is 29.1 Å². The highest BCUT2D eigenvalue weighted by molar-refractivity contribution is 7.99. The van der Waals surface area contributed by atoms with E-state index in [9.17, 15) is 19.7 Å². The summed E-state index contributed by atoms with van der Waals surface area (Å²) in [6, 6.07) is 24.7. The molecule has 0 aliphatic rings. The quantitative estimate of drug-likeness (QED) is 0.189. The van der Waals surface area contributed by atoms with Gasteiger partial charge >= 0.3 is 0 Å². The van der Waals surface area contributed by atoms with Crippen LogP contribution in [0.1, 0.15) is 12.5 Å². The van der Waals surface area contributed by atoms with Gasteiger partial charge in [0.15, 0.2) is 10.9 Å². The third-order valence-electron chi connectivity index (χ3n) is 5.50. The summed E-state index contributed by atoms with van der Waals surface area (Å²) in [5.74, 6) is -0.344. The van der Waals surface area contributed by atoms with E-state index in [1.165, 1.54) is 30.8 Å². The Morgan fingerprint density at radius 1 is 1.03 bits per heavy atom. The Balaban J connectivity index is 1.53. The van der Waals surface area contributed by atoms with Crippen molar-refractivity contribution in [1.29, 1.82) is 0 Å². The number of ketones is 1. The number of nitro groups is 1. The number of nitro benzene ring substituents is 1. The number of imidazole rings is 1. The highest BCUT2D eigenvalue weighted by Crippen LogP contribution is 2.29. The van der Waals surface area contributed by atoms with Crippen molar-refractivity contribution in [2.24, 2.45) is 0 Å². The molecule has 0 fully saturated rings. The lowest BCUT2D eigenvalue weighted by Crippen LogP contribution is -2.42. The Morgan fingerprint density at radius 2 is 1.72 bits per heavy atom. The standard InChI is InChI=1S/C27H24N4O4S/c1-19(32)24(15-20-9-4-2-5-10-20)28-26(33)18-36-27-29-25(17-30(27)22-12-6-3-7-13-22)21-11-8-14-23(16-21)31(34)35/h2-14,16-17,24H,15,18H2,1H3,(H,28,33)/t24-/m1/s1. The third-order valence-corrected chi connectivity index (χ3v) is 6.45. The van der Waals surface area contributed by atoms with Gasteiger partial charge in [-0.25, -0.2) is 4.98 Å². The summed E-state index contributed by atoms with van der Waals surface area (Å²) in [5.41, 5.74) is 2.94. The molecule has 4 aromatic rings. The van der Waals surface area contributed by atoms with Gasteiger partial charge in [0.2, 0.25) is 5.91 Å². The smallest absolute Gasteiger partial charge is 0.270 e. The molecule has 0 aliphatic heterocycles. The monoisotopic (exact) mass is 500 g/mol. The van der Waals surface area contributed by atoms with Crippen molar-refractivity contribution in [3.8, 4) is 16.9 Å². The average Bonchev–Trinajstić information content (AvgIpc) is 3.32. The summed E-state index contributed by atoms with van der Waals surface area (Å²) in [5, 5.41) is 14.6. The second-order valence-electron chi connectivity index (χ2n) is 8.13. The van der Waals surface area contributed by atoms with Gasteiger partial charge in [0.25, 0.3) is 5.69 Å². The first-order valence-electron chi connectivity index (χ1n) is 11.3. The van der Waals surface area contributed by atoms with Gasteiger partial charge in [-0.15, -0.1) is 0 Å². The maximum absolute atomic E-state index is 12.8. The normalized spacial score (nSPS) is 11.6. The molecular weight excluding hydrogens is 476 g/mol. The van der Waals surface area contributed by atoms with Crippen LogP contribution in [0, 0.1) is 10.1 Å². The first-order valence-corrected chi connectivity index (χ1v) is 12.3. The fourth-order valence-electron chi connectivity index (χ4n) is 3.67. The van der Waals surface area contributed by atoms with Gasteiger partial charge in [0.1, 0.15) is 0 Å². The van der Waals surface area contributed by atoms with Crippen LogP contribution in [-0.4, -0.2) is 38.0 Å². The summed E-state index contributed by atoms with van der Waals surface area (Å²) < 4.78 is 1.85. The van der Waals surface area contributed by atoms with Crippen molar-refractivity contribution in [3.63, 3.8) is 0 Å². The zero-order valence-electron chi connectivity index (χ0n) is 19.5. The molecule has 1 N–H and O–H groups in total. The maximum atomic E-state index is 12.8. The molecule has 1 amide bonds. The number of non-ortho nitro benzene ring substituents is 1. The number of amides is 1. The highest BCUT2D eigenvalue weighted by atomic mass is 32.2. The molecule has 1 heterocycles. The molecule has 1 aromatic heterocycles. The fraction of sp³-hybridized carbons (Fsp3) is 0.148. The minimum Gasteiger partial charge on any atom is -0.345 e. The highest BCUT2D eigenvalue weighted by Gasteiger charge is 2.20. The Morgan fingerprint density at radius 3 is 2.39 bits per heavy atom. The van der Waals surface area contributed by atoms with Gasteiger partial charge in [0.05, 0.1) is 22.4 Å². The van der Waals surface area contributed by atoms with Crippen molar-refractivity contribution in [2.45, 2.75) is 24.5 Å². The lowest BCUT2D eigenvalue weighted by Gasteiger charge is -2.16. The van der Waals surface area contributed by atoms with E-state index in [1.54, 1.807) is 18.3 Å².